The Kier molecular flexibility index (Phi) is 5.16. The molecule has 30 heavy (non-hydrogen) atoms. The molecule has 1 spiro atoms. The Morgan fingerprint density at radius 2 is 2.00 bits per heavy atom. The van der Waals surface area contributed by atoms with Gasteiger partial charge in [0.2, 0.25) is 5.91 Å². The summed E-state index contributed by atoms with van der Waals surface area (Å²) >= 11 is 1.73. The van der Waals surface area contributed by atoms with Gasteiger partial charge >= 0.3 is 0 Å². The minimum Gasteiger partial charge on any atom is -0.338 e. The van der Waals surface area contributed by atoms with E-state index in [0.717, 1.165) is 44.6 Å². The minimum atomic E-state index is -0.380. The van der Waals surface area contributed by atoms with Gasteiger partial charge in [-0.2, -0.15) is 16.4 Å². The lowest BCUT2D eigenvalue weighted by atomic mass is 9.70. The van der Waals surface area contributed by atoms with Crippen LogP contribution in [0.1, 0.15) is 35.6 Å². The topological polar surface area (TPSA) is 54.3 Å². The quantitative estimate of drug-likeness (QED) is 0.634. The van der Waals surface area contributed by atoms with Gasteiger partial charge < -0.3 is 4.90 Å². The fourth-order valence-electron chi connectivity index (χ4n) is 5.31. The number of thiophene rings is 1. The van der Waals surface area contributed by atoms with Crippen molar-refractivity contribution < 1.29 is 4.79 Å². The number of hydrogen-bond donors (Lipinski definition) is 0. The number of aryl methyl sites for hydroxylation is 1. The lowest BCUT2D eigenvalue weighted by molar-refractivity contribution is -0.147. The minimum absolute atomic E-state index is 0.163. The number of amides is 1. The first kappa shape index (κ1) is 19.5. The van der Waals surface area contributed by atoms with E-state index in [1.165, 1.54) is 11.3 Å². The van der Waals surface area contributed by atoms with Gasteiger partial charge in [0.15, 0.2) is 0 Å². The first-order valence-electron chi connectivity index (χ1n) is 10.6. The number of nitrogens with zero attached hydrogens (tertiary/aromatic N) is 5. The average Bonchev–Trinajstić information content (AvgIpc) is 3.48. The van der Waals surface area contributed by atoms with Crippen LogP contribution in [-0.2, 0) is 24.9 Å². The van der Waals surface area contributed by atoms with Gasteiger partial charge in [0.05, 0.1) is 5.41 Å². The molecule has 6 nitrogen and oxygen atoms in total. The maximum absolute atomic E-state index is 14.0. The first-order chi connectivity index (χ1) is 14.7. The number of piperidine rings is 1. The Hall–Kier alpha value is -2.51. The Bertz CT molecular complexity index is 1000. The molecule has 2 aliphatic heterocycles. The molecule has 1 amide bonds. The zero-order valence-electron chi connectivity index (χ0n) is 17.3. The van der Waals surface area contributed by atoms with Crippen LogP contribution >= 0.6 is 11.3 Å². The highest BCUT2D eigenvalue weighted by Crippen LogP contribution is 2.49. The predicted molar refractivity (Wildman–Crippen MR) is 117 cm³/mol. The van der Waals surface area contributed by atoms with Gasteiger partial charge in [-0.25, -0.2) is 0 Å². The third-order valence-electron chi connectivity index (χ3n) is 6.70. The van der Waals surface area contributed by atoms with Crippen LogP contribution in [0.2, 0.25) is 0 Å². The molecule has 0 aromatic carbocycles. The van der Waals surface area contributed by atoms with Crippen LogP contribution in [0, 0.1) is 5.41 Å². The summed E-state index contributed by atoms with van der Waals surface area (Å²) in [6.45, 7) is 4.09. The number of aromatic nitrogens is 3. The lowest BCUT2D eigenvalue weighted by Gasteiger charge is -2.42. The van der Waals surface area contributed by atoms with E-state index in [2.05, 4.69) is 42.8 Å². The summed E-state index contributed by atoms with van der Waals surface area (Å²) in [4.78, 5) is 22.6. The van der Waals surface area contributed by atoms with Crippen LogP contribution in [0.15, 0.2) is 53.6 Å². The molecule has 3 aromatic heterocycles. The molecule has 0 unspecified atom stereocenters. The number of carbonyl (C=O) groups excluding carboxylic acids is 1. The summed E-state index contributed by atoms with van der Waals surface area (Å²) < 4.78 is 1.95. The van der Waals surface area contributed by atoms with Crippen molar-refractivity contribution >= 4 is 17.2 Å². The van der Waals surface area contributed by atoms with E-state index in [9.17, 15) is 4.79 Å². The van der Waals surface area contributed by atoms with Gasteiger partial charge in [-0.3, -0.25) is 19.4 Å². The molecule has 2 saturated heterocycles. The molecule has 5 rings (SSSR count). The number of hydrogen-bond acceptors (Lipinski definition) is 5. The monoisotopic (exact) mass is 421 g/mol. The summed E-state index contributed by atoms with van der Waals surface area (Å²) in [6, 6.07) is 8.29. The highest BCUT2D eigenvalue weighted by Gasteiger charge is 2.55. The summed E-state index contributed by atoms with van der Waals surface area (Å²) in [5.41, 5.74) is 3.26. The molecule has 2 atom stereocenters. The van der Waals surface area contributed by atoms with Gasteiger partial charge in [0.1, 0.15) is 0 Å². The SMILES string of the molecule is Cn1nccc1[C@@H]1CN(Cc2ccsc2)C[C@]12CCCN(Cc1ccncc1)C2=O. The molecule has 0 radical (unpaired) electrons. The van der Waals surface area contributed by atoms with E-state index >= 15 is 0 Å². The molecule has 0 saturated carbocycles. The second kappa shape index (κ2) is 7.96. The third-order valence-corrected chi connectivity index (χ3v) is 7.43. The van der Waals surface area contributed by atoms with Crippen molar-refractivity contribution in [3.63, 3.8) is 0 Å². The average molecular weight is 422 g/mol. The highest BCUT2D eigenvalue weighted by atomic mass is 32.1. The van der Waals surface area contributed by atoms with E-state index in [4.69, 9.17) is 0 Å². The van der Waals surface area contributed by atoms with Gasteiger partial charge in [-0.15, -0.1) is 0 Å². The van der Waals surface area contributed by atoms with Crippen molar-refractivity contribution in [3.8, 4) is 0 Å². The second-order valence-corrected chi connectivity index (χ2v) is 9.36. The Labute approximate surface area is 181 Å². The number of rotatable bonds is 5. The number of pyridine rings is 1. The van der Waals surface area contributed by atoms with Crippen LogP contribution in [0.3, 0.4) is 0 Å². The van der Waals surface area contributed by atoms with Crippen LogP contribution in [0.25, 0.3) is 0 Å². The molecule has 5 heterocycles. The Morgan fingerprint density at radius 3 is 2.73 bits per heavy atom. The molecule has 0 aliphatic carbocycles. The van der Waals surface area contributed by atoms with Crippen LogP contribution in [0.5, 0.6) is 0 Å². The normalized spacial score (nSPS) is 24.8. The van der Waals surface area contributed by atoms with Gasteiger partial charge in [-0.1, -0.05) is 0 Å². The molecule has 2 aliphatic rings. The van der Waals surface area contributed by atoms with Crippen LogP contribution < -0.4 is 0 Å². The summed E-state index contributed by atoms with van der Waals surface area (Å²) in [5, 5.41) is 8.76. The van der Waals surface area contributed by atoms with E-state index < -0.39 is 0 Å². The van der Waals surface area contributed by atoms with Crippen molar-refractivity contribution in [2.24, 2.45) is 12.5 Å². The molecule has 156 valence electrons. The molecular formula is C23H27N5OS. The number of carbonyl (C=O) groups is 1. The van der Waals surface area contributed by atoms with Crippen LogP contribution in [-0.4, -0.2) is 50.1 Å². The lowest BCUT2D eigenvalue weighted by Crippen LogP contribution is -2.52. The van der Waals surface area contributed by atoms with E-state index in [-0.39, 0.29) is 11.3 Å². The Morgan fingerprint density at radius 1 is 1.13 bits per heavy atom. The summed E-state index contributed by atoms with van der Waals surface area (Å²) in [6.07, 6.45) is 7.44. The summed E-state index contributed by atoms with van der Waals surface area (Å²) in [7, 11) is 1.99. The highest BCUT2D eigenvalue weighted by molar-refractivity contribution is 7.07. The largest absolute Gasteiger partial charge is 0.338 e. The second-order valence-electron chi connectivity index (χ2n) is 8.58. The maximum Gasteiger partial charge on any atom is 0.231 e. The van der Waals surface area contributed by atoms with Crippen molar-refractivity contribution in [2.75, 3.05) is 19.6 Å². The van der Waals surface area contributed by atoms with E-state index in [1.54, 1.807) is 23.7 Å². The predicted octanol–water partition coefficient (Wildman–Crippen LogP) is 3.29. The van der Waals surface area contributed by atoms with Gasteiger partial charge in [0, 0.05) is 70.0 Å². The van der Waals surface area contributed by atoms with Crippen molar-refractivity contribution in [1.82, 2.24) is 24.6 Å². The number of likely N-dealkylation sites (tertiary alicyclic amines) is 2. The Balaban J connectivity index is 1.46. The third kappa shape index (κ3) is 3.46. The van der Waals surface area contributed by atoms with Crippen molar-refractivity contribution in [3.05, 3.63) is 70.4 Å². The van der Waals surface area contributed by atoms with Crippen LogP contribution in [0.4, 0.5) is 0 Å². The van der Waals surface area contributed by atoms with Crippen molar-refractivity contribution in [2.45, 2.75) is 31.8 Å². The molecule has 7 heteroatoms. The zero-order valence-corrected chi connectivity index (χ0v) is 18.1. The smallest absolute Gasteiger partial charge is 0.231 e. The van der Waals surface area contributed by atoms with Gasteiger partial charge in [0.25, 0.3) is 0 Å². The molecular weight excluding hydrogens is 394 g/mol. The summed E-state index contributed by atoms with van der Waals surface area (Å²) in [5.74, 6) is 0.459. The molecule has 2 fully saturated rings. The maximum atomic E-state index is 14.0. The fourth-order valence-corrected chi connectivity index (χ4v) is 5.97. The fraction of sp³-hybridized carbons (Fsp3) is 0.435. The van der Waals surface area contributed by atoms with E-state index in [1.807, 2.05) is 30.1 Å². The molecule has 0 bridgehead atoms. The van der Waals surface area contributed by atoms with Gasteiger partial charge in [-0.05, 0) is 59.0 Å². The molecule has 0 N–H and O–H groups in total. The van der Waals surface area contributed by atoms with Crippen molar-refractivity contribution in [1.29, 1.82) is 0 Å². The molecule has 3 aromatic rings. The zero-order chi connectivity index (χ0) is 20.6. The van der Waals surface area contributed by atoms with E-state index in [0.29, 0.717) is 12.5 Å². The first-order valence-corrected chi connectivity index (χ1v) is 11.5. The standard InChI is InChI=1S/C23H27N5OS/c1-26-21(5-10-25-26)20-15-27(13-19-6-12-30-16-19)17-23(20)7-2-11-28(22(23)29)14-18-3-8-24-9-4-18/h3-6,8-10,12,16,20H,2,7,11,13-15,17H2,1H3/t20-,23+/m0/s1.